The molecule has 0 N–H and O–H groups in total. The molecule has 74 valence electrons. The molecule has 0 amide bonds. The van der Waals surface area contributed by atoms with Gasteiger partial charge in [-0.3, -0.25) is 0 Å². The van der Waals surface area contributed by atoms with Gasteiger partial charge in [0, 0.05) is 5.41 Å². The quantitative estimate of drug-likeness (QED) is 0.653. The van der Waals surface area contributed by atoms with E-state index < -0.39 is 0 Å². The van der Waals surface area contributed by atoms with Crippen molar-refractivity contribution in [2.24, 2.45) is 0 Å². The summed E-state index contributed by atoms with van der Waals surface area (Å²) in [7, 11) is 0. The SMILES string of the molecule is CC(C)(C)c1nc2c(Cl)cccc2s1. The average Bonchev–Trinajstić information content (AvgIpc) is 2.48. The highest BCUT2D eigenvalue weighted by Gasteiger charge is 2.19. The van der Waals surface area contributed by atoms with Gasteiger partial charge in [0.25, 0.3) is 0 Å². The Balaban J connectivity index is 2.69. The highest BCUT2D eigenvalue weighted by atomic mass is 35.5. The van der Waals surface area contributed by atoms with Gasteiger partial charge in [0.05, 0.1) is 14.7 Å². The molecule has 0 aliphatic heterocycles. The van der Waals surface area contributed by atoms with Gasteiger partial charge < -0.3 is 0 Å². The predicted octanol–water partition coefficient (Wildman–Crippen LogP) is 4.25. The normalized spacial score (nSPS) is 12.3. The van der Waals surface area contributed by atoms with Crippen LogP contribution in [0.5, 0.6) is 0 Å². The van der Waals surface area contributed by atoms with Crippen molar-refractivity contribution in [3.63, 3.8) is 0 Å². The molecule has 0 saturated heterocycles. The summed E-state index contributed by atoms with van der Waals surface area (Å²) in [4.78, 5) is 4.57. The Labute approximate surface area is 92.7 Å². The lowest BCUT2D eigenvalue weighted by molar-refractivity contribution is 0.587. The Morgan fingerprint density at radius 3 is 2.57 bits per heavy atom. The molecule has 0 aliphatic carbocycles. The topological polar surface area (TPSA) is 12.9 Å². The van der Waals surface area contributed by atoms with Gasteiger partial charge in [0.1, 0.15) is 5.52 Å². The van der Waals surface area contributed by atoms with Crippen LogP contribution >= 0.6 is 22.9 Å². The summed E-state index contributed by atoms with van der Waals surface area (Å²) >= 11 is 7.79. The summed E-state index contributed by atoms with van der Waals surface area (Å²) in [5.74, 6) is 0. The maximum Gasteiger partial charge on any atom is 0.100 e. The van der Waals surface area contributed by atoms with Crippen LogP contribution in [0.2, 0.25) is 5.02 Å². The smallest absolute Gasteiger partial charge is 0.100 e. The van der Waals surface area contributed by atoms with Crippen molar-refractivity contribution in [3.8, 4) is 0 Å². The van der Waals surface area contributed by atoms with E-state index in [4.69, 9.17) is 11.6 Å². The summed E-state index contributed by atoms with van der Waals surface area (Å²) in [5, 5.41) is 1.88. The maximum absolute atomic E-state index is 6.06. The van der Waals surface area contributed by atoms with Crippen molar-refractivity contribution in [2.75, 3.05) is 0 Å². The molecular formula is C11H12ClNS. The second-order valence-electron chi connectivity index (χ2n) is 4.36. The molecule has 0 aliphatic rings. The Bertz CT molecular complexity index is 468. The molecule has 0 saturated carbocycles. The Kier molecular flexibility index (Phi) is 2.28. The van der Waals surface area contributed by atoms with E-state index in [0.717, 1.165) is 15.5 Å². The van der Waals surface area contributed by atoms with Gasteiger partial charge in [-0.2, -0.15) is 0 Å². The van der Waals surface area contributed by atoms with Crippen LogP contribution in [-0.4, -0.2) is 4.98 Å². The lowest BCUT2D eigenvalue weighted by Crippen LogP contribution is -2.09. The summed E-state index contributed by atoms with van der Waals surface area (Å²) < 4.78 is 1.17. The molecule has 0 unspecified atom stereocenters. The predicted molar refractivity (Wildman–Crippen MR) is 63.3 cm³/mol. The molecule has 14 heavy (non-hydrogen) atoms. The van der Waals surface area contributed by atoms with Crippen LogP contribution in [0.4, 0.5) is 0 Å². The van der Waals surface area contributed by atoms with Gasteiger partial charge in [-0.25, -0.2) is 4.98 Å². The van der Waals surface area contributed by atoms with Crippen LogP contribution in [0.25, 0.3) is 10.2 Å². The molecule has 2 aromatic rings. The molecule has 3 heteroatoms. The van der Waals surface area contributed by atoms with Gasteiger partial charge in [-0.05, 0) is 12.1 Å². The van der Waals surface area contributed by atoms with Crippen LogP contribution in [-0.2, 0) is 5.41 Å². The van der Waals surface area contributed by atoms with Crippen LogP contribution in [0.15, 0.2) is 18.2 Å². The van der Waals surface area contributed by atoms with Crippen molar-refractivity contribution in [2.45, 2.75) is 26.2 Å². The van der Waals surface area contributed by atoms with E-state index in [1.807, 2.05) is 12.1 Å². The van der Waals surface area contributed by atoms with Gasteiger partial charge in [0.15, 0.2) is 0 Å². The molecule has 1 nitrogen and oxygen atoms in total. The number of fused-ring (bicyclic) bond motifs is 1. The Hall–Kier alpha value is -0.600. The monoisotopic (exact) mass is 225 g/mol. The largest absolute Gasteiger partial charge is 0.239 e. The highest BCUT2D eigenvalue weighted by molar-refractivity contribution is 7.18. The zero-order valence-corrected chi connectivity index (χ0v) is 10.0. The number of thiazole rings is 1. The van der Waals surface area contributed by atoms with Gasteiger partial charge in [0.2, 0.25) is 0 Å². The number of hydrogen-bond acceptors (Lipinski definition) is 2. The second-order valence-corrected chi connectivity index (χ2v) is 5.79. The van der Waals surface area contributed by atoms with Crippen LogP contribution in [0.1, 0.15) is 25.8 Å². The third-order valence-electron chi connectivity index (χ3n) is 2.01. The molecule has 0 spiro atoms. The zero-order valence-electron chi connectivity index (χ0n) is 8.47. The summed E-state index contributed by atoms with van der Waals surface area (Å²) in [5.41, 5.74) is 1.04. The fourth-order valence-corrected chi connectivity index (χ4v) is 2.56. The first-order valence-corrected chi connectivity index (χ1v) is 5.73. The van der Waals surface area contributed by atoms with Crippen molar-refractivity contribution in [1.29, 1.82) is 0 Å². The third kappa shape index (κ3) is 1.64. The van der Waals surface area contributed by atoms with Crippen LogP contribution in [0, 0.1) is 0 Å². The van der Waals surface area contributed by atoms with Crippen molar-refractivity contribution < 1.29 is 0 Å². The lowest BCUT2D eigenvalue weighted by Gasteiger charge is -2.13. The number of hydrogen-bond donors (Lipinski definition) is 0. The third-order valence-corrected chi connectivity index (χ3v) is 3.76. The van der Waals surface area contributed by atoms with E-state index in [1.165, 1.54) is 4.70 Å². The first-order valence-electron chi connectivity index (χ1n) is 4.54. The van der Waals surface area contributed by atoms with Gasteiger partial charge >= 0.3 is 0 Å². The zero-order chi connectivity index (χ0) is 10.3. The van der Waals surface area contributed by atoms with Gasteiger partial charge in [-0.15, -0.1) is 11.3 Å². The first-order chi connectivity index (χ1) is 6.48. The molecule has 0 radical (unpaired) electrons. The van der Waals surface area contributed by atoms with E-state index in [0.29, 0.717) is 0 Å². The van der Waals surface area contributed by atoms with E-state index in [-0.39, 0.29) is 5.41 Å². The number of halogens is 1. The maximum atomic E-state index is 6.06. The van der Waals surface area contributed by atoms with Gasteiger partial charge in [-0.1, -0.05) is 38.4 Å². The minimum atomic E-state index is 0.104. The fraction of sp³-hybridized carbons (Fsp3) is 0.364. The Morgan fingerprint density at radius 1 is 1.29 bits per heavy atom. The van der Waals surface area contributed by atoms with Crippen molar-refractivity contribution in [3.05, 3.63) is 28.2 Å². The molecule has 2 rings (SSSR count). The van der Waals surface area contributed by atoms with Crippen LogP contribution < -0.4 is 0 Å². The van der Waals surface area contributed by atoms with E-state index >= 15 is 0 Å². The fourth-order valence-electron chi connectivity index (χ4n) is 1.24. The van der Waals surface area contributed by atoms with E-state index in [9.17, 15) is 0 Å². The number of nitrogens with zero attached hydrogens (tertiary/aromatic N) is 1. The summed E-state index contributed by atoms with van der Waals surface area (Å²) in [6, 6.07) is 5.92. The minimum absolute atomic E-state index is 0.104. The highest BCUT2D eigenvalue weighted by Crippen LogP contribution is 2.33. The number of aromatic nitrogens is 1. The van der Waals surface area contributed by atoms with Crippen molar-refractivity contribution in [1.82, 2.24) is 4.98 Å². The van der Waals surface area contributed by atoms with Crippen molar-refractivity contribution >= 4 is 33.2 Å². The summed E-state index contributed by atoms with van der Waals surface area (Å²) in [6.07, 6.45) is 0. The molecule has 0 fully saturated rings. The first kappa shape index (κ1) is 9.94. The van der Waals surface area contributed by atoms with E-state index in [1.54, 1.807) is 11.3 Å². The number of rotatable bonds is 0. The molecule has 1 aromatic heterocycles. The summed E-state index contributed by atoms with van der Waals surface area (Å²) in [6.45, 7) is 6.50. The number of para-hydroxylation sites is 1. The molecule has 0 atom stereocenters. The molecule has 1 heterocycles. The molecular weight excluding hydrogens is 214 g/mol. The average molecular weight is 226 g/mol. The molecule has 1 aromatic carbocycles. The Morgan fingerprint density at radius 2 is 2.00 bits per heavy atom. The second kappa shape index (κ2) is 3.21. The standard InChI is InChI=1S/C11H12ClNS/c1-11(2,3)10-13-9-7(12)5-4-6-8(9)14-10/h4-6H,1-3H3. The van der Waals surface area contributed by atoms with E-state index in [2.05, 4.69) is 31.8 Å². The minimum Gasteiger partial charge on any atom is -0.239 e. The molecule has 0 bridgehead atoms. The number of benzene rings is 1. The van der Waals surface area contributed by atoms with Crippen LogP contribution in [0.3, 0.4) is 0 Å². The lowest BCUT2D eigenvalue weighted by atomic mass is 9.98.